The molecule has 0 fully saturated rings. The average molecular weight is 166 g/mol. The first-order valence-electron chi connectivity index (χ1n) is 4.08. The minimum Gasteiger partial charge on any atom is -0.361 e. The van der Waals surface area contributed by atoms with Crippen LogP contribution < -0.4 is 0 Å². The summed E-state index contributed by atoms with van der Waals surface area (Å²) in [6.07, 6.45) is 5.09. The molecule has 0 aliphatic carbocycles. The Labute approximate surface area is 72.7 Å². The lowest BCUT2D eigenvalue weighted by Crippen LogP contribution is -2.15. The third kappa shape index (κ3) is 3.84. The van der Waals surface area contributed by atoms with Gasteiger partial charge in [0.05, 0.1) is 0 Å². The van der Waals surface area contributed by atoms with Crippen molar-refractivity contribution in [1.29, 1.82) is 0 Å². The van der Waals surface area contributed by atoms with Crippen molar-refractivity contribution in [2.45, 2.75) is 26.2 Å². The number of hydrogen-bond acceptors (Lipinski definition) is 1. The van der Waals surface area contributed by atoms with Gasteiger partial charge in [-0.1, -0.05) is 19.4 Å². The highest BCUT2D eigenvalue weighted by Crippen LogP contribution is 2.11. The highest BCUT2D eigenvalue weighted by Gasteiger charge is 2.16. The average Bonchev–Trinajstić information content (AvgIpc) is 2.04. The van der Waals surface area contributed by atoms with E-state index in [2.05, 4.69) is 11.4 Å². The molecule has 0 radical (unpaired) electrons. The molecule has 1 atom stereocenters. The lowest BCUT2D eigenvalue weighted by atomic mass is 9.96. The van der Waals surface area contributed by atoms with Crippen LogP contribution in [-0.2, 0) is 4.79 Å². The Bertz CT molecular complexity index is 205. The van der Waals surface area contributed by atoms with E-state index in [1.807, 2.05) is 6.92 Å². The molecule has 3 heteroatoms. The molecule has 0 aromatic carbocycles. The van der Waals surface area contributed by atoms with Crippen LogP contribution in [0.2, 0.25) is 0 Å². The van der Waals surface area contributed by atoms with E-state index in [0.717, 1.165) is 19.1 Å². The number of hydrogen-bond donors (Lipinski definition) is 0. The summed E-state index contributed by atoms with van der Waals surface area (Å²) in [5.74, 6) is -0.192. The van der Waals surface area contributed by atoms with Crippen LogP contribution in [0.1, 0.15) is 26.2 Å². The van der Waals surface area contributed by atoms with Crippen molar-refractivity contribution in [3.8, 4) is 0 Å². The number of Topliss-reactive ketones (excluding diaryl/α,β-unsaturated/α-hetero) is 1. The highest BCUT2D eigenvalue weighted by atomic mass is 16.1. The first kappa shape index (κ1) is 10.8. The third-order valence-electron chi connectivity index (χ3n) is 1.68. The molecule has 0 bridgehead atoms. The quantitative estimate of drug-likeness (QED) is 0.257. The summed E-state index contributed by atoms with van der Waals surface area (Å²) in [5, 5.41) is 0. The Morgan fingerprint density at radius 3 is 2.83 bits per heavy atom. The monoisotopic (exact) mass is 166 g/mol. The molecule has 0 saturated carbocycles. The van der Waals surface area contributed by atoms with Crippen LogP contribution in [0.5, 0.6) is 0 Å². The fourth-order valence-corrected chi connectivity index (χ4v) is 1.09. The van der Waals surface area contributed by atoms with Gasteiger partial charge in [-0.05, 0) is 12.8 Å². The van der Waals surface area contributed by atoms with Crippen LogP contribution in [-0.4, -0.2) is 16.8 Å². The van der Waals surface area contributed by atoms with Crippen molar-refractivity contribution in [1.82, 2.24) is 0 Å². The third-order valence-corrected chi connectivity index (χ3v) is 1.68. The molecule has 3 nitrogen and oxygen atoms in total. The molecule has 66 valence electrons. The summed E-state index contributed by atoms with van der Waals surface area (Å²) >= 11 is 0. The predicted molar refractivity (Wildman–Crippen MR) is 47.9 cm³/mol. The highest BCUT2D eigenvalue weighted by molar-refractivity contribution is 6.26. The molecule has 0 rings (SSSR count). The number of allylic oxidation sites excluding steroid dienone is 1. The standard InChI is InChI=1S/C9H14N2O/c1-3-5-8(6-4-2)9(12)7-11-10/h3,7-8H,1,4-6H2,2H3. The Morgan fingerprint density at radius 1 is 1.75 bits per heavy atom. The Balaban J connectivity index is 4.16. The number of rotatable bonds is 6. The Morgan fingerprint density at radius 2 is 2.42 bits per heavy atom. The summed E-state index contributed by atoms with van der Waals surface area (Å²) in [5.41, 5.74) is 8.14. The lowest BCUT2D eigenvalue weighted by molar-refractivity contribution is -0.119. The minimum absolute atomic E-state index is 0.0663. The zero-order valence-electron chi connectivity index (χ0n) is 7.36. The molecule has 0 aromatic rings. The summed E-state index contributed by atoms with van der Waals surface area (Å²) in [6, 6.07) is 0. The second-order valence-corrected chi connectivity index (χ2v) is 2.66. The van der Waals surface area contributed by atoms with Gasteiger partial charge >= 0.3 is 6.21 Å². The molecule has 0 N–H and O–H groups in total. The van der Waals surface area contributed by atoms with E-state index in [4.69, 9.17) is 5.53 Å². The fraction of sp³-hybridized carbons (Fsp3) is 0.556. The van der Waals surface area contributed by atoms with Gasteiger partial charge < -0.3 is 5.53 Å². The SMILES string of the molecule is C=CCC(CCC)C(=O)C=[N+]=[N-]. The maximum Gasteiger partial charge on any atom is 0.323 e. The van der Waals surface area contributed by atoms with Crippen molar-refractivity contribution < 1.29 is 9.58 Å². The first-order chi connectivity index (χ1) is 5.76. The van der Waals surface area contributed by atoms with Crippen LogP contribution >= 0.6 is 0 Å². The molecule has 0 aliphatic rings. The van der Waals surface area contributed by atoms with E-state index in [0.29, 0.717) is 6.42 Å². The molecule has 1 unspecified atom stereocenters. The van der Waals surface area contributed by atoms with Crippen LogP contribution in [0.15, 0.2) is 12.7 Å². The number of carbonyl (C=O) groups excluding carboxylic acids is 1. The first-order valence-corrected chi connectivity index (χ1v) is 4.08. The minimum atomic E-state index is -0.126. The van der Waals surface area contributed by atoms with E-state index in [-0.39, 0.29) is 11.7 Å². The van der Waals surface area contributed by atoms with E-state index < -0.39 is 0 Å². The molecule has 0 saturated heterocycles. The van der Waals surface area contributed by atoms with E-state index in [1.165, 1.54) is 0 Å². The Kier molecular flexibility index (Phi) is 5.84. The number of carbonyl (C=O) groups is 1. The largest absolute Gasteiger partial charge is 0.361 e. The van der Waals surface area contributed by atoms with Crippen LogP contribution in [0, 0.1) is 5.92 Å². The second-order valence-electron chi connectivity index (χ2n) is 2.66. The van der Waals surface area contributed by atoms with E-state index in [1.54, 1.807) is 6.08 Å². The topological polar surface area (TPSA) is 53.5 Å². The van der Waals surface area contributed by atoms with Gasteiger partial charge in [-0.15, -0.1) is 6.58 Å². The molecule has 0 amide bonds. The van der Waals surface area contributed by atoms with Gasteiger partial charge in [0.1, 0.15) is 0 Å². The van der Waals surface area contributed by atoms with Gasteiger partial charge in [-0.2, -0.15) is 4.79 Å². The van der Waals surface area contributed by atoms with Gasteiger partial charge in [0.2, 0.25) is 5.78 Å². The van der Waals surface area contributed by atoms with Gasteiger partial charge in [-0.25, -0.2) is 0 Å². The summed E-state index contributed by atoms with van der Waals surface area (Å²) in [6.45, 7) is 5.58. The summed E-state index contributed by atoms with van der Waals surface area (Å²) < 4.78 is 0. The molecular formula is C9H14N2O. The van der Waals surface area contributed by atoms with Crippen LogP contribution in [0.4, 0.5) is 0 Å². The molecule has 0 aromatic heterocycles. The van der Waals surface area contributed by atoms with Crippen molar-refractivity contribution >= 4 is 12.0 Å². The van der Waals surface area contributed by atoms with Gasteiger partial charge in [0.25, 0.3) is 0 Å². The van der Waals surface area contributed by atoms with E-state index >= 15 is 0 Å². The molecule has 0 aliphatic heterocycles. The summed E-state index contributed by atoms with van der Waals surface area (Å²) in [7, 11) is 0. The maximum atomic E-state index is 11.2. The predicted octanol–water partition coefficient (Wildman–Crippen LogP) is 1.85. The zero-order valence-corrected chi connectivity index (χ0v) is 7.36. The smallest absolute Gasteiger partial charge is 0.323 e. The normalized spacial score (nSPS) is 11.4. The molecular weight excluding hydrogens is 152 g/mol. The lowest BCUT2D eigenvalue weighted by Gasteiger charge is -2.06. The van der Waals surface area contributed by atoms with Crippen molar-refractivity contribution in [2.75, 3.05) is 0 Å². The zero-order chi connectivity index (χ0) is 9.40. The van der Waals surface area contributed by atoms with Crippen molar-refractivity contribution in [3.63, 3.8) is 0 Å². The molecule has 0 heterocycles. The van der Waals surface area contributed by atoms with Gasteiger partial charge in [-0.3, -0.25) is 4.79 Å². The van der Waals surface area contributed by atoms with Crippen molar-refractivity contribution in [3.05, 3.63) is 18.2 Å². The van der Waals surface area contributed by atoms with E-state index in [9.17, 15) is 4.79 Å². The maximum absolute atomic E-state index is 11.2. The molecule has 12 heavy (non-hydrogen) atoms. The number of ketones is 1. The second kappa shape index (κ2) is 6.50. The van der Waals surface area contributed by atoms with Crippen molar-refractivity contribution in [2.24, 2.45) is 5.92 Å². The summed E-state index contributed by atoms with van der Waals surface area (Å²) in [4.78, 5) is 13.9. The van der Waals surface area contributed by atoms with Gasteiger partial charge in [0.15, 0.2) is 0 Å². The van der Waals surface area contributed by atoms with Gasteiger partial charge in [0, 0.05) is 5.92 Å². The molecule has 0 spiro atoms. The fourth-order valence-electron chi connectivity index (χ4n) is 1.09. The van der Waals surface area contributed by atoms with Crippen LogP contribution in [0.25, 0.3) is 5.53 Å². The number of nitrogens with zero attached hydrogens (tertiary/aromatic N) is 2. The Hall–Kier alpha value is -1.21. The van der Waals surface area contributed by atoms with Crippen LogP contribution in [0.3, 0.4) is 0 Å².